The number of sulfone groups is 1. The van der Waals surface area contributed by atoms with Crippen molar-refractivity contribution >= 4 is 27.1 Å². The standard InChI is InChI=1S/C19H27N3O2S2/c1-2-20-19(22-13-11-18-10-6-14-25-18)21-12-7-15-26(23,24)16-17-8-4-3-5-9-17/h3-6,8-10,14H,2,7,11-13,15-16H2,1H3,(H2,20,21,22). The molecule has 26 heavy (non-hydrogen) atoms. The zero-order valence-corrected chi connectivity index (χ0v) is 16.8. The first kappa shape index (κ1) is 20.5. The van der Waals surface area contributed by atoms with Crippen LogP contribution < -0.4 is 10.6 Å². The lowest BCUT2D eigenvalue weighted by Crippen LogP contribution is -2.38. The minimum Gasteiger partial charge on any atom is -0.357 e. The molecule has 0 amide bonds. The van der Waals surface area contributed by atoms with Crippen molar-refractivity contribution < 1.29 is 8.42 Å². The van der Waals surface area contributed by atoms with Crippen molar-refractivity contribution in [2.75, 3.05) is 25.4 Å². The third-order valence-corrected chi connectivity index (χ3v) is 6.32. The van der Waals surface area contributed by atoms with Gasteiger partial charge in [0.2, 0.25) is 0 Å². The summed E-state index contributed by atoms with van der Waals surface area (Å²) in [4.78, 5) is 5.81. The van der Waals surface area contributed by atoms with Crippen LogP contribution in [0.5, 0.6) is 0 Å². The van der Waals surface area contributed by atoms with E-state index in [-0.39, 0.29) is 11.5 Å². The molecule has 5 nitrogen and oxygen atoms in total. The van der Waals surface area contributed by atoms with E-state index in [9.17, 15) is 8.42 Å². The number of nitrogens with zero attached hydrogens (tertiary/aromatic N) is 1. The molecule has 0 bridgehead atoms. The van der Waals surface area contributed by atoms with E-state index in [0.29, 0.717) is 13.0 Å². The second-order valence-electron chi connectivity index (χ2n) is 5.95. The van der Waals surface area contributed by atoms with E-state index in [2.05, 4.69) is 33.1 Å². The highest BCUT2D eigenvalue weighted by Crippen LogP contribution is 2.08. The van der Waals surface area contributed by atoms with E-state index >= 15 is 0 Å². The number of guanidine groups is 1. The van der Waals surface area contributed by atoms with Gasteiger partial charge in [-0.1, -0.05) is 36.4 Å². The van der Waals surface area contributed by atoms with Crippen LogP contribution in [0.3, 0.4) is 0 Å². The zero-order valence-electron chi connectivity index (χ0n) is 15.1. The molecule has 0 atom stereocenters. The van der Waals surface area contributed by atoms with Gasteiger partial charge in [-0.15, -0.1) is 11.3 Å². The molecule has 1 aromatic heterocycles. The van der Waals surface area contributed by atoms with Crippen molar-refractivity contribution in [3.63, 3.8) is 0 Å². The molecule has 7 heteroatoms. The van der Waals surface area contributed by atoms with Crippen LogP contribution in [0.15, 0.2) is 52.8 Å². The fraction of sp³-hybridized carbons (Fsp3) is 0.421. The van der Waals surface area contributed by atoms with E-state index in [4.69, 9.17) is 0 Å². The summed E-state index contributed by atoms with van der Waals surface area (Å²) in [6.07, 6.45) is 1.48. The highest BCUT2D eigenvalue weighted by Gasteiger charge is 2.11. The van der Waals surface area contributed by atoms with Crippen molar-refractivity contribution in [2.45, 2.75) is 25.5 Å². The number of thiophene rings is 1. The van der Waals surface area contributed by atoms with Gasteiger partial charge in [0.15, 0.2) is 15.8 Å². The first-order valence-electron chi connectivity index (χ1n) is 8.88. The van der Waals surface area contributed by atoms with Crippen molar-refractivity contribution in [3.05, 3.63) is 58.3 Å². The molecule has 0 saturated heterocycles. The molecule has 0 aliphatic heterocycles. The van der Waals surface area contributed by atoms with Gasteiger partial charge in [-0.2, -0.15) is 0 Å². The van der Waals surface area contributed by atoms with Crippen LogP contribution in [0.4, 0.5) is 0 Å². The molecule has 0 aliphatic carbocycles. The Morgan fingerprint density at radius 3 is 2.62 bits per heavy atom. The lowest BCUT2D eigenvalue weighted by atomic mass is 10.2. The van der Waals surface area contributed by atoms with E-state index in [1.807, 2.05) is 37.3 Å². The smallest absolute Gasteiger partial charge is 0.191 e. The largest absolute Gasteiger partial charge is 0.357 e. The third kappa shape index (κ3) is 8.01. The van der Waals surface area contributed by atoms with Gasteiger partial charge in [0.25, 0.3) is 0 Å². The Kier molecular flexibility index (Phi) is 8.64. The molecule has 2 aromatic rings. The molecule has 0 unspecified atom stereocenters. The maximum Gasteiger partial charge on any atom is 0.191 e. The zero-order chi connectivity index (χ0) is 18.7. The predicted octanol–water partition coefficient (Wildman–Crippen LogP) is 2.85. The summed E-state index contributed by atoms with van der Waals surface area (Å²) in [7, 11) is -3.10. The number of rotatable bonds is 10. The fourth-order valence-electron chi connectivity index (χ4n) is 2.48. The molecular weight excluding hydrogens is 366 g/mol. The van der Waals surface area contributed by atoms with E-state index in [1.165, 1.54) is 4.88 Å². The molecule has 0 spiro atoms. The molecule has 2 N–H and O–H groups in total. The van der Waals surface area contributed by atoms with Gasteiger partial charge in [0, 0.05) is 24.5 Å². The average molecular weight is 394 g/mol. The van der Waals surface area contributed by atoms with E-state index in [0.717, 1.165) is 31.0 Å². The number of hydrogen-bond donors (Lipinski definition) is 2. The van der Waals surface area contributed by atoms with Crippen LogP contribution in [0.25, 0.3) is 0 Å². The van der Waals surface area contributed by atoms with Crippen LogP contribution >= 0.6 is 11.3 Å². The molecule has 142 valence electrons. The summed E-state index contributed by atoms with van der Waals surface area (Å²) < 4.78 is 24.4. The summed E-state index contributed by atoms with van der Waals surface area (Å²) in [6.45, 7) is 4.08. The lowest BCUT2D eigenvalue weighted by molar-refractivity contribution is 0.592. The average Bonchev–Trinajstić information content (AvgIpc) is 3.12. The number of nitrogens with one attached hydrogen (secondary N) is 2. The number of hydrogen-bond acceptors (Lipinski definition) is 4. The van der Waals surface area contributed by atoms with Crippen LogP contribution in [0.1, 0.15) is 23.8 Å². The maximum absolute atomic E-state index is 12.2. The molecule has 0 aliphatic rings. The molecule has 1 aromatic carbocycles. The molecule has 1 heterocycles. The van der Waals surface area contributed by atoms with Crippen LogP contribution in [0, 0.1) is 0 Å². The fourth-order valence-corrected chi connectivity index (χ4v) is 4.60. The summed E-state index contributed by atoms with van der Waals surface area (Å²) in [5, 5.41) is 8.56. The predicted molar refractivity (Wildman–Crippen MR) is 111 cm³/mol. The lowest BCUT2D eigenvalue weighted by Gasteiger charge is -2.11. The molecule has 2 rings (SSSR count). The van der Waals surface area contributed by atoms with Gasteiger partial charge in [0.05, 0.1) is 11.5 Å². The Hall–Kier alpha value is -1.86. The van der Waals surface area contributed by atoms with Crippen LogP contribution in [-0.4, -0.2) is 39.8 Å². The Labute approximate surface area is 160 Å². The SMILES string of the molecule is CCNC(=NCCCS(=O)(=O)Cc1ccccc1)NCCc1cccs1. The summed E-state index contributed by atoms with van der Waals surface area (Å²) >= 11 is 1.75. The van der Waals surface area contributed by atoms with Crippen LogP contribution in [0.2, 0.25) is 0 Å². The van der Waals surface area contributed by atoms with Crippen molar-refractivity contribution in [2.24, 2.45) is 4.99 Å². The summed E-state index contributed by atoms with van der Waals surface area (Å²) in [5.41, 5.74) is 0.833. The van der Waals surface area contributed by atoms with Gasteiger partial charge in [-0.3, -0.25) is 4.99 Å². The quantitative estimate of drug-likeness (QED) is 0.370. The normalized spacial score (nSPS) is 12.1. The monoisotopic (exact) mass is 393 g/mol. The Bertz CT molecular complexity index is 757. The Morgan fingerprint density at radius 1 is 1.12 bits per heavy atom. The molecular formula is C19H27N3O2S2. The topological polar surface area (TPSA) is 70.6 Å². The second-order valence-corrected chi connectivity index (χ2v) is 9.16. The molecule has 0 radical (unpaired) electrons. The van der Waals surface area contributed by atoms with E-state index < -0.39 is 9.84 Å². The van der Waals surface area contributed by atoms with Gasteiger partial charge in [0.1, 0.15) is 0 Å². The van der Waals surface area contributed by atoms with Crippen LogP contribution in [-0.2, 0) is 22.0 Å². The second kappa shape index (κ2) is 11.0. The highest BCUT2D eigenvalue weighted by atomic mass is 32.2. The van der Waals surface area contributed by atoms with Crippen molar-refractivity contribution in [3.8, 4) is 0 Å². The minimum atomic E-state index is -3.10. The van der Waals surface area contributed by atoms with Crippen molar-refractivity contribution in [1.82, 2.24) is 10.6 Å². The van der Waals surface area contributed by atoms with Gasteiger partial charge >= 0.3 is 0 Å². The van der Waals surface area contributed by atoms with Crippen molar-refractivity contribution in [1.29, 1.82) is 0 Å². The maximum atomic E-state index is 12.2. The summed E-state index contributed by atoms with van der Waals surface area (Å²) in [6, 6.07) is 13.5. The van der Waals surface area contributed by atoms with Gasteiger partial charge in [-0.25, -0.2) is 8.42 Å². The minimum absolute atomic E-state index is 0.0939. The van der Waals surface area contributed by atoms with Gasteiger partial charge < -0.3 is 10.6 Å². The number of benzene rings is 1. The number of aliphatic imine (C=N–C) groups is 1. The molecule has 0 fully saturated rings. The summed E-state index contributed by atoms with van der Waals surface area (Å²) in [5.74, 6) is 0.987. The van der Waals surface area contributed by atoms with Gasteiger partial charge in [-0.05, 0) is 36.8 Å². The Balaban J connectivity index is 1.74. The Morgan fingerprint density at radius 2 is 1.92 bits per heavy atom. The first-order valence-corrected chi connectivity index (χ1v) is 11.6. The molecule has 0 saturated carbocycles. The first-order chi connectivity index (χ1) is 12.6. The third-order valence-electron chi connectivity index (χ3n) is 3.70. The van der Waals surface area contributed by atoms with E-state index in [1.54, 1.807) is 11.3 Å². The highest BCUT2D eigenvalue weighted by molar-refractivity contribution is 7.90.